The maximum atomic E-state index is 13.3. The largest absolute Gasteiger partial charge is 0.467 e. The third-order valence-corrected chi connectivity index (χ3v) is 6.77. The van der Waals surface area contributed by atoms with Gasteiger partial charge >= 0.3 is 12.1 Å². The highest BCUT2D eigenvalue weighted by molar-refractivity contribution is 6.30. The second kappa shape index (κ2) is 14.5. The number of carbonyl (C=O) groups is 4. The Labute approximate surface area is 234 Å². The lowest BCUT2D eigenvalue weighted by Gasteiger charge is -2.25. The van der Waals surface area contributed by atoms with E-state index in [4.69, 9.17) is 21.1 Å². The van der Waals surface area contributed by atoms with Crippen molar-refractivity contribution in [1.29, 1.82) is 0 Å². The smallest absolute Gasteiger partial charge is 0.408 e. The van der Waals surface area contributed by atoms with Gasteiger partial charge in [-0.2, -0.15) is 0 Å². The van der Waals surface area contributed by atoms with E-state index in [0.29, 0.717) is 30.8 Å². The van der Waals surface area contributed by atoms with Crippen molar-refractivity contribution in [2.24, 2.45) is 11.8 Å². The fraction of sp³-hybridized carbons (Fsp3) is 0.448. The summed E-state index contributed by atoms with van der Waals surface area (Å²) in [5, 5.41) is 8.66. The number of benzene rings is 2. The summed E-state index contributed by atoms with van der Waals surface area (Å²) in [6.45, 7) is 4.35. The van der Waals surface area contributed by atoms with E-state index in [0.717, 1.165) is 11.1 Å². The van der Waals surface area contributed by atoms with Gasteiger partial charge in [0.25, 0.3) is 0 Å². The van der Waals surface area contributed by atoms with Gasteiger partial charge in [0, 0.05) is 23.9 Å². The Morgan fingerprint density at radius 2 is 1.79 bits per heavy atom. The fourth-order valence-corrected chi connectivity index (χ4v) is 4.78. The van der Waals surface area contributed by atoms with Crippen LogP contribution < -0.4 is 16.0 Å². The zero-order chi connectivity index (χ0) is 28.4. The van der Waals surface area contributed by atoms with E-state index in [2.05, 4.69) is 16.0 Å². The third-order valence-electron chi connectivity index (χ3n) is 6.53. The Morgan fingerprint density at radius 3 is 2.41 bits per heavy atom. The molecule has 1 aliphatic rings. The van der Waals surface area contributed by atoms with E-state index < -0.39 is 42.1 Å². The van der Waals surface area contributed by atoms with Gasteiger partial charge < -0.3 is 25.4 Å². The number of halogens is 1. The van der Waals surface area contributed by atoms with Crippen molar-refractivity contribution in [2.75, 3.05) is 13.7 Å². The van der Waals surface area contributed by atoms with Crippen molar-refractivity contribution in [3.63, 3.8) is 0 Å². The van der Waals surface area contributed by atoms with E-state index in [1.807, 2.05) is 62.4 Å². The van der Waals surface area contributed by atoms with Crippen molar-refractivity contribution in [3.05, 3.63) is 70.7 Å². The van der Waals surface area contributed by atoms with Gasteiger partial charge in [-0.25, -0.2) is 9.59 Å². The highest BCUT2D eigenvalue weighted by Crippen LogP contribution is 2.24. The number of hydrogen-bond acceptors (Lipinski definition) is 6. The molecular formula is C29H36ClN3O6. The van der Waals surface area contributed by atoms with Crippen LogP contribution in [0.2, 0.25) is 5.02 Å². The van der Waals surface area contributed by atoms with E-state index in [1.54, 1.807) is 6.07 Å². The molecule has 1 heterocycles. The number of esters is 1. The zero-order valence-electron chi connectivity index (χ0n) is 22.4. The molecule has 0 bridgehead atoms. The van der Waals surface area contributed by atoms with Gasteiger partial charge in [0.15, 0.2) is 0 Å². The normalized spacial score (nSPS) is 17.1. The minimum absolute atomic E-state index is 0.0506. The molecule has 1 aliphatic heterocycles. The molecule has 1 unspecified atom stereocenters. The first-order valence-corrected chi connectivity index (χ1v) is 13.5. The van der Waals surface area contributed by atoms with Gasteiger partial charge in [-0.1, -0.05) is 67.9 Å². The second-order valence-corrected chi connectivity index (χ2v) is 10.5. The van der Waals surface area contributed by atoms with Crippen molar-refractivity contribution >= 4 is 35.5 Å². The van der Waals surface area contributed by atoms with Crippen LogP contribution in [0, 0.1) is 11.8 Å². The second-order valence-electron chi connectivity index (χ2n) is 10.1. The average molecular weight is 558 g/mol. The van der Waals surface area contributed by atoms with Gasteiger partial charge in [-0.05, 0) is 48.4 Å². The SMILES string of the molecule is COC(=O)[C@H](C[C@@H]1CCNC1=O)NC(=O)[C@H](CC(C)C)NC(=O)OC(Cc1cccc(Cl)c1)c1ccccc1. The number of nitrogens with one attached hydrogen (secondary N) is 3. The molecule has 4 atom stereocenters. The molecule has 0 aliphatic carbocycles. The summed E-state index contributed by atoms with van der Waals surface area (Å²) >= 11 is 6.15. The lowest BCUT2D eigenvalue weighted by molar-refractivity contribution is -0.146. The Balaban J connectivity index is 1.72. The molecule has 210 valence electrons. The van der Waals surface area contributed by atoms with Crippen LogP contribution >= 0.6 is 11.6 Å². The lowest BCUT2D eigenvalue weighted by Crippen LogP contribution is -2.53. The molecule has 3 N–H and O–H groups in total. The fourth-order valence-electron chi connectivity index (χ4n) is 4.56. The summed E-state index contributed by atoms with van der Waals surface area (Å²) in [4.78, 5) is 50.8. The first-order chi connectivity index (χ1) is 18.7. The quantitative estimate of drug-likeness (QED) is 0.340. The molecule has 1 saturated heterocycles. The molecule has 10 heteroatoms. The Hall–Kier alpha value is -3.59. The Morgan fingerprint density at radius 1 is 1.05 bits per heavy atom. The number of alkyl carbamates (subject to hydrolysis) is 1. The zero-order valence-corrected chi connectivity index (χ0v) is 23.2. The third kappa shape index (κ3) is 9.28. The first-order valence-electron chi connectivity index (χ1n) is 13.1. The highest BCUT2D eigenvalue weighted by Gasteiger charge is 2.34. The maximum absolute atomic E-state index is 13.3. The van der Waals surface area contributed by atoms with Gasteiger partial charge in [-0.15, -0.1) is 0 Å². The number of hydrogen-bond donors (Lipinski definition) is 3. The monoisotopic (exact) mass is 557 g/mol. The Bertz CT molecular complexity index is 1140. The summed E-state index contributed by atoms with van der Waals surface area (Å²) in [5.74, 6) is -1.73. The predicted octanol–water partition coefficient (Wildman–Crippen LogP) is 3.95. The number of ether oxygens (including phenoxy) is 2. The van der Waals surface area contributed by atoms with Crippen LogP contribution in [0.5, 0.6) is 0 Å². The van der Waals surface area contributed by atoms with Gasteiger partial charge in [0.05, 0.1) is 7.11 Å². The molecule has 39 heavy (non-hydrogen) atoms. The van der Waals surface area contributed by atoms with Gasteiger partial charge in [0.1, 0.15) is 18.2 Å². The number of amides is 3. The van der Waals surface area contributed by atoms with Crippen LogP contribution in [0.25, 0.3) is 0 Å². The summed E-state index contributed by atoms with van der Waals surface area (Å²) < 4.78 is 10.7. The first kappa shape index (κ1) is 30.0. The summed E-state index contributed by atoms with van der Waals surface area (Å²) in [7, 11) is 1.22. The van der Waals surface area contributed by atoms with Crippen LogP contribution in [-0.2, 0) is 30.3 Å². The minimum atomic E-state index is -1.02. The minimum Gasteiger partial charge on any atom is -0.467 e. The van der Waals surface area contributed by atoms with Crippen molar-refractivity contribution in [2.45, 2.75) is 57.7 Å². The number of rotatable bonds is 12. The van der Waals surface area contributed by atoms with Crippen LogP contribution in [0.4, 0.5) is 4.79 Å². The molecule has 0 radical (unpaired) electrons. The van der Waals surface area contributed by atoms with Crippen molar-refractivity contribution in [3.8, 4) is 0 Å². The molecule has 3 amide bonds. The highest BCUT2D eigenvalue weighted by atomic mass is 35.5. The number of carbonyl (C=O) groups excluding carboxylic acids is 4. The van der Waals surface area contributed by atoms with E-state index in [9.17, 15) is 19.2 Å². The standard InChI is InChI=1S/C29H36ClN3O6/c1-18(2)14-23(27(35)32-24(28(36)38-3)17-21-12-13-31-26(21)34)33-29(37)39-25(20-9-5-4-6-10-20)16-19-8-7-11-22(30)15-19/h4-11,15,18,21,23-25H,12-14,16-17H2,1-3H3,(H,31,34)(H,32,35)(H,33,37)/t21-,23-,24-,25?/m0/s1. The van der Waals surface area contributed by atoms with Crippen LogP contribution in [-0.4, -0.2) is 49.6 Å². The van der Waals surface area contributed by atoms with Gasteiger partial charge in [-0.3, -0.25) is 9.59 Å². The molecule has 0 spiro atoms. The molecule has 1 fully saturated rings. The molecular weight excluding hydrogens is 522 g/mol. The van der Waals surface area contributed by atoms with Gasteiger partial charge in [0.2, 0.25) is 11.8 Å². The molecule has 0 aromatic heterocycles. The lowest BCUT2D eigenvalue weighted by atomic mass is 9.97. The van der Waals surface area contributed by atoms with Crippen molar-refractivity contribution in [1.82, 2.24) is 16.0 Å². The predicted molar refractivity (Wildman–Crippen MR) is 147 cm³/mol. The summed E-state index contributed by atoms with van der Waals surface area (Å²) in [6, 6.07) is 14.6. The van der Waals surface area contributed by atoms with E-state index in [-0.39, 0.29) is 18.2 Å². The Kier molecular flexibility index (Phi) is 11.2. The van der Waals surface area contributed by atoms with E-state index in [1.165, 1.54) is 7.11 Å². The van der Waals surface area contributed by atoms with Crippen LogP contribution in [0.3, 0.4) is 0 Å². The van der Waals surface area contributed by atoms with E-state index >= 15 is 0 Å². The summed E-state index contributed by atoms with van der Waals surface area (Å²) in [5.41, 5.74) is 1.68. The van der Waals surface area contributed by atoms with Crippen molar-refractivity contribution < 1.29 is 28.7 Å². The van der Waals surface area contributed by atoms with Crippen LogP contribution in [0.15, 0.2) is 54.6 Å². The molecule has 2 aromatic carbocycles. The molecule has 0 saturated carbocycles. The maximum Gasteiger partial charge on any atom is 0.408 e. The topological polar surface area (TPSA) is 123 Å². The molecule has 2 aromatic rings. The molecule has 9 nitrogen and oxygen atoms in total. The number of methoxy groups -OCH3 is 1. The summed E-state index contributed by atoms with van der Waals surface area (Å²) in [6.07, 6.45) is -0.0302. The average Bonchev–Trinajstić information content (AvgIpc) is 3.31. The van der Waals surface area contributed by atoms with Crippen LogP contribution in [0.1, 0.15) is 50.3 Å². The molecule has 3 rings (SSSR count).